The van der Waals surface area contributed by atoms with Gasteiger partial charge in [0.2, 0.25) is 0 Å². The van der Waals surface area contributed by atoms with Crippen LogP contribution >= 0.6 is 0 Å². The molecule has 0 spiro atoms. The fourth-order valence-electron chi connectivity index (χ4n) is 2.90. The van der Waals surface area contributed by atoms with Crippen molar-refractivity contribution in [1.82, 2.24) is 25.4 Å². The van der Waals surface area contributed by atoms with Gasteiger partial charge in [-0.1, -0.05) is 12.1 Å². The van der Waals surface area contributed by atoms with E-state index in [1.807, 2.05) is 6.07 Å². The third kappa shape index (κ3) is 3.50. The molecule has 0 amide bonds. The summed E-state index contributed by atoms with van der Waals surface area (Å²) in [6.45, 7) is 4.31. The molecule has 0 saturated heterocycles. The number of rotatable bonds is 5. The molecule has 1 aromatic carbocycles. The molecule has 0 aliphatic carbocycles. The summed E-state index contributed by atoms with van der Waals surface area (Å²) in [5.74, 6) is 3.65. The van der Waals surface area contributed by atoms with E-state index in [0.717, 1.165) is 48.3 Å². The Balaban J connectivity index is 1.57. The summed E-state index contributed by atoms with van der Waals surface area (Å²) in [6, 6.07) is 6.18. The number of ether oxygens (including phenoxy) is 1. The fraction of sp³-hybridized carbons (Fsp3) is 0.471. The Bertz CT molecular complexity index is 737. The fourth-order valence-corrected chi connectivity index (χ4v) is 2.90. The molecule has 2 heterocycles. The van der Waals surface area contributed by atoms with Crippen LogP contribution in [0, 0.1) is 6.92 Å². The number of nitrogens with zero attached hydrogens (tertiary/aromatic N) is 4. The molecule has 2 N–H and O–H groups in total. The van der Waals surface area contributed by atoms with E-state index in [9.17, 15) is 0 Å². The number of aliphatic imine (C=N–C) groups is 1. The van der Waals surface area contributed by atoms with Crippen LogP contribution in [0.4, 0.5) is 0 Å². The molecule has 0 unspecified atom stereocenters. The van der Waals surface area contributed by atoms with Crippen LogP contribution in [-0.4, -0.2) is 34.9 Å². The van der Waals surface area contributed by atoms with Crippen LogP contribution in [0.2, 0.25) is 0 Å². The number of hydrogen-bond donors (Lipinski definition) is 2. The molecule has 0 bridgehead atoms. The molecular formula is C17H24N6O. The van der Waals surface area contributed by atoms with Gasteiger partial charge in [-0.25, -0.2) is 0 Å². The summed E-state index contributed by atoms with van der Waals surface area (Å²) in [5, 5.41) is 15.1. The number of aryl methyl sites for hydroxylation is 2. The van der Waals surface area contributed by atoms with Crippen molar-refractivity contribution in [1.29, 1.82) is 0 Å². The van der Waals surface area contributed by atoms with E-state index in [1.165, 1.54) is 5.56 Å². The lowest BCUT2D eigenvalue weighted by Gasteiger charge is -2.14. The number of fused-ring (bicyclic) bond motifs is 1. The maximum absolute atomic E-state index is 5.44. The molecule has 0 fully saturated rings. The molecule has 2 aromatic rings. The summed E-state index contributed by atoms with van der Waals surface area (Å²) >= 11 is 0. The van der Waals surface area contributed by atoms with Gasteiger partial charge in [0.1, 0.15) is 11.6 Å². The topological polar surface area (TPSA) is 76.4 Å². The highest BCUT2D eigenvalue weighted by atomic mass is 16.5. The number of guanidine groups is 1. The second-order valence-corrected chi connectivity index (χ2v) is 5.88. The van der Waals surface area contributed by atoms with Crippen LogP contribution < -0.4 is 15.4 Å². The van der Waals surface area contributed by atoms with Gasteiger partial charge in [-0.15, -0.1) is 10.2 Å². The highest BCUT2D eigenvalue weighted by Gasteiger charge is 2.17. The summed E-state index contributed by atoms with van der Waals surface area (Å²) in [4.78, 5) is 4.27. The molecule has 0 saturated carbocycles. The van der Waals surface area contributed by atoms with Crippen LogP contribution in [0.1, 0.15) is 29.2 Å². The van der Waals surface area contributed by atoms with Crippen LogP contribution in [0.15, 0.2) is 23.2 Å². The standard InChI is InChI=1S/C17H24N6O/c1-12-6-7-13(14(9-12)24-3)10-19-17(18-2)20-11-16-22-21-15-5-4-8-23(15)16/h6-7,9H,4-5,8,10-11H2,1-3H3,(H2,18,19,20). The Hall–Kier alpha value is -2.57. The third-order valence-corrected chi connectivity index (χ3v) is 4.21. The first-order valence-electron chi connectivity index (χ1n) is 8.20. The third-order valence-electron chi connectivity index (χ3n) is 4.21. The zero-order valence-electron chi connectivity index (χ0n) is 14.5. The Labute approximate surface area is 142 Å². The first-order valence-corrected chi connectivity index (χ1v) is 8.20. The van der Waals surface area contributed by atoms with Crippen molar-refractivity contribution in [3.05, 3.63) is 41.0 Å². The average Bonchev–Trinajstić information content (AvgIpc) is 3.20. The van der Waals surface area contributed by atoms with Gasteiger partial charge in [0.25, 0.3) is 0 Å². The van der Waals surface area contributed by atoms with Gasteiger partial charge in [0, 0.05) is 32.1 Å². The Morgan fingerprint density at radius 2 is 2.12 bits per heavy atom. The molecule has 0 radical (unpaired) electrons. The predicted octanol–water partition coefficient (Wildman–Crippen LogP) is 1.41. The summed E-state index contributed by atoms with van der Waals surface area (Å²) < 4.78 is 7.62. The van der Waals surface area contributed by atoms with Crippen molar-refractivity contribution in [3.63, 3.8) is 0 Å². The van der Waals surface area contributed by atoms with E-state index in [0.29, 0.717) is 13.1 Å². The zero-order valence-corrected chi connectivity index (χ0v) is 14.5. The Kier molecular flexibility index (Phi) is 4.98. The highest BCUT2D eigenvalue weighted by Crippen LogP contribution is 2.19. The minimum atomic E-state index is 0.609. The van der Waals surface area contributed by atoms with E-state index >= 15 is 0 Å². The van der Waals surface area contributed by atoms with Gasteiger partial charge in [0.15, 0.2) is 11.8 Å². The summed E-state index contributed by atoms with van der Waals surface area (Å²) in [6.07, 6.45) is 2.17. The molecule has 7 heteroatoms. The summed E-state index contributed by atoms with van der Waals surface area (Å²) in [7, 11) is 3.45. The monoisotopic (exact) mass is 328 g/mol. The molecule has 1 aliphatic rings. The molecule has 24 heavy (non-hydrogen) atoms. The molecular weight excluding hydrogens is 304 g/mol. The second kappa shape index (κ2) is 7.33. The van der Waals surface area contributed by atoms with Crippen LogP contribution in [0.3, 0.4) is 0 Å². The Morgan fingerprint density at radius 1 is 1.29 bits per heavy atom. The minimum absolute atomic E-state index is 0.609. The van der Waals surface area contributed by atoms with E-state index in [-0.39, 0.29) is 0 Å². The second-order valence-electron chi connectivity index (χ2n) is 5.88. The minimum Gasteiger partial charge on any atom is -0.496 e. The molecule has 0 atom stereocenters. The lowest BCUT2D eigenvalue weighted by Crippen LogP contribution is -2.37. The van der Waals surface area contributed by atoms with E-state index < -0.39 is 0 Å². The van der Waals surface area contributed by atoms with E-state index in [2.05, 4.69) is 49.4 Å². The largest absolute Gasteiger partial charge is 0.496 e. The van der Waals surface area contributed by atoms with Crippen LogP contribution in [0.25, 0.3) is 0 Å². The predicted molar refractivity (Wildman–Crippen MR) is 93.1 cm³/mol. The normalized spacial score (nSPS) is 13.7. The van der Waals surface area contributed by atoms with Crippen molar-refractivity contribution in [3.8, 4) is 5.75 Å². The molecule has 1 aliphatic heterocycles. The first kappa shape index (κ1) is 16.3. The molecule has 3 rings (SSSR count). The van der Waals surface area contributed by atoms with Gasteiger partial charge in [-0.3, -0.25) is 4.99 Å². The van der Waals surface area contributed by atoms with Gasteiger partial charge in [0.05, 0.1) is 13.7 Å². The SMILES string of the molecule is CN=C(NCc1ccc(C)cc1OC)NCc1nnc2n1CCC2. The van der Waals surface area contributed by atoms with Crippen molar-refractivity contribution in [2.24, 2.45) is 4.99 Å². The summed E-state index contributed by atoms with van der Waals surface area (Å²) in [5.41, 5.74) is 2.27. The first-order chi connectivity index (χ1) is 11.7. The average molecular weight is 328 g/mol. The quantitative estimate of drug-likeness (QED) is 0.641. The van der Waals surface area contributed by atoms with E-state index in [4.69, 9.17) is 4.74 Å². The number of benzene rings is 1. The highest BCUT2D eigenvalue weighted by molar-refractivity contribution is 5.79. The lowest BCUT2D eigenvalue weighted by molar-refractivity contribution is 0.408. The number of methoxy groups -OCH3 is 1. The van der Waals surface area contributed by atoms with Crippen molar-refractivity contribution >= 4 is 5.96 Å². The van der Waals surface area contributed by atoms with Gasteiger partial charge < -0.3 is 19.9 Å². The maximum atomic E-state index is 5.44. The maximum Gasteiger partial charge on any atom is 0.191 e. The van der Waals surface area contributed by atoms with E-state index in [1.54, 1.807) is 14.2 Å². The van der Waals surface area contributed by atoms with Crippen LogP contribution in [0.5, 0.6) is 5.75 Å². The van der Waals surface area contributed by atoms with Crippen molar-refractivity contribution < 1.29 is 4.74 Å². The van der Waals surface area contributed by atoms with Gasteiger partial charge >= 0.3 is 0 Å². The number of hydrogen-bond acceptors (Lipinski definition) is 4. The van der Waals surface area contributed by atoms with Crippen LogP contribution in [-0.2, 0) is 26.1 Å². The zero-order chi connectivity index (χ0) is 16.9. The molecule has 1 aromatic heterocycles. The molecule has 7 nitrogen and oxygen atoms in total. The lowest BCUT2D eigenvalue weighted by atomic mass is 10.1. The number of nitrogens with one attached hydrogen (secondary N) is 2. The smallest absolute Gasteiger partial charge is 0.191 e. The number of aromatic nitrogens is 3. The Morgan fingerprint density at radius 3 is 2.92 bits per heavy atom. The van der Waals surface area contributed by atoms with Gasteiger partial charge in [-0.05, 0) is 25.0 Å². The van der Waals surface area contributed by atoms with Gasteiger partial charge in [-0.2, -0.15) is 0 Å². The van der Waals surface area contributed by atoms with Crippen molar-refractivity contribution in [2.75, 3.05) is 14.2 Å². The molecule has 128 valence electrons. The van der Waals surface area contributed by atoms with Crippen molar-refractivity contribution in [2.45, 2.75) is 39.4 Å².